The van der Waals surface area contributed by atoms with Gasteiger partial charge in [0.05, 0.1) is 70.7 Å². The van der Waals surface area contributed by atoms with Gasteiger partial charge in [0.1, 0.15) is 0 Å². The second-order valence-corrected chi connectivity index (χ2v) is 10.6. The summed E-state index contributed by atoms with van der Waals surface area (Å²) in [4.78, 5) is 37.6. The fraction of sp³-hybridized carbons (Fsp3) is 0.429. The second kappa shape index (κ2) is 10.6. The van der Waals surface area contributed by atoms with Gasteiger partial charge in [-0.1, -0.05) is 19.3 Å². The van der Waals surface area contributed by atoms with Crippen LogP contribution in [0.3, 0.4) is 0 Å². The van der Waals surface area contributed by atoms with Crippen LogP contribution in [0.4, 0.5) is 11.4 Å². The maximum absolute atomic E-state index is 13.2. The number of aromatic nitrogens is 6. The summed E-state index contributed by atoms with van der Waals surface area (Å²) in [6.45, 7) is 3.61. The standard InChI is InChI=1S/C28H33N9O2/c1-18-24(10-21(12-29-18)33-27(38)19-8-9-36(16-19)22-6-4-3-5-7-22)34-28(39)23-13-32-37-17-25(30-14-26(23)37)20-11-31-35(2)15-20/h10-15,17,19,22H,3-9,16H2,1-2H3,(H,33,38)(H,34,39)/t19-/m0/s1. The number of carbonyl (C=O) groups is 2. The van der Waals surface area contributed by atoms with E-state index in [4.69, 9.17) is 0 Å². The van der Waals surface area contributed by atoms with Gasteiger partial charge in [-0.2, -0.15) is 10.2 Å². The van der Waals surface area contributed by atoms with Gasteiger partial charge in [-0.25, -0.2) is 4.52 Å². The zero-order chi connectivity index (χ0) is 26.9. The number of anilines is 2. The predicted molar refractivity (Wildman–Crippen MR) is 147 cm³/mol. The number of fused-ring (bicyclic) bond motifs is 1. The molecule has 6 rings (SSSR count). The molecular weight excluding hydrogens is 494 g/mol. The molecule has 0 radical (unpaired) electrons. The second-order valence-electron chi connectivity index (χ2n) is 10.6. The third kappa shape index (κ3) is 5.26. The fourth-order valence-corrected chi connectivity index (χ4v) is 5.70. The van der Waals surface area contributed by atoms with Crippen LogP contribution in [0.1, 0.15) is 54.6 Å². The molecule has 2 fully saturated rings. The molecule has 1 atom stereocenters. The molecule has 1 saturated carbocycles. The van der Waals surface area contributed by atoms with Crippen LogP contribution in [0.5, 0.6) is 0 Å². The number of aryl methyl sites for hydroxylation is 2. The third-order valence-corrected chi connectivity index (χ3v) is 7.93. The number of nitrogens with zero attached hydrogens (tertiary/aromatic N) is 7. The number of amides is 2. The van der Waals surface area contributed by atoms with Crippen molar-refractivity contribution in [2.75, 3.05) is 23.7 Å². The highest BCUT2D eigenvalue weighted by Gasteiger charge is 2.32. The van der Waals surface area contributed by atoms with Crippen molar-refractivity contribution in [2.45, 2.75) is 51.5 Å². The van der Waals surface area contributed by atoms with E-state index >= 15 is 0 Å². The molecule has 1 saturated heterocycles. The van der Waals surface area contributed by atoms with Crippen molar-refractivity contribution in [1.29, 1.82) is 0 Å². The van der Waals surface area contributed by atoms with Crippen molar-refractivity contribution < 1.29 is 9.59 Å². The SMILES string of the molecule is Cc1ncc(NC(=O)[C@H]2CCN(C3CCCCC3)C2)cc1NC(=O)c1cnn2cc(-c3cnn(C)c3)ncc12. The summed E-state index contributed by atoms with van der Waals surface area (Å²) < 4.78 is 3.33. The molecule has 202 valence electrons. The lowest BCUT2D eigenvalue weighted by molar-refractivity contribution is -0.119. The number of likely N-dealkylation sites (tertiary alicyclic amines) is 1. The molecule has 0 bridgehead atoms. The number of rotatable bonds is 6. The number of carbonyl (C=O) groups excluding carboxylic acids is 2. The molecule has 11 heteroatoms. The smallest absolute Gasteiger partial charge is 0.259 e. The Kier molecular flexibility index (Phi) is 6.82. The molecule has 4 aromatic rings. The highest BCUT2D eigenvalue weighted by molar-refractivity contribution is 6.09. The van der Waals surface area contributed by atoms with Crippen LogP contribution in [0.25, 0.3) is 16.8 Å². The summed E-state index contributed by atoms with van der Waals surface area (Å²) in [6, 6.07) is 2.38. The van der Waals surface area contributed by atoms with Gasteiger partial charge in [0.25, 0.3) is 5.91 Å². The summed E-state index contributed by atoms with van der Waals surface area (Å²) in [5.74, 6) is -0.350. The van der Waals surface area contributed by atoms with E-state index in [9.17, 15) is 9.59 Å². The molecule has 2 N–H and O–H groups in total. The first-order chi connectivity index (χ1) is 18.9. The van der Waals surface area contributed by atoms with E-state index in [-0.39, 0.29) is 17.7 Å². The van der Waals surface area contributed by atoms with Crippen LogP contribution in [0, 0.1) is 12.8 Å². The van der Waals surface area contributed by atoms with Crippen molar-refractivity contribution >= 4 is 28.7 Å². The number of nitrogens with one attached hydrogen (secondary N) is 2. The normalized spacial score (nSPS) is 18.5. The Balaban J connectivity index is 1.12. The van der Waals surface area contributed by atoms with Crippen LogP contribution in [-0.2, 0) is 11.8 Å². The lowest BCUT2D eigenvalue weighted by atomic mass is 9.94. The summed E-state index contributed by atoms with van der Waals surface area (Å²) in [5, 5.41) is 14.5. The third-order valence-electron chi connectivity index (χ3n) is 7.93. The molecule has 2 amide bonds. The number of hydrogen-bond acceptors (Lipinski definition) is 7. The van der Waals surface area contributed by atoms with E-state index in [1.807, 2.05) is 20.2 Å². The minimum Gasteiger partial charge on any atom is -0.324 e. The predicted octanol–water partition coefficient (Wildman–Crippen LogP) is 3.68. The summed E-state index contributed by atoms with van der Waals surface area (Å²) in [7, 11) is 1.84. The first-order valence-electron chi connectivity index (χ1n) is 13.6. The molecule has 2 aliphatic rings. The van der Waals surface area contributed by atoms with E-state index in [1.54, 1.807) is 40.1 Å². The molecular formula is C28H33N9O2. The zero-order valence-electron chi connectivity index (χ0n) is 22.3. The van der Waals surface area contributed by atoms with E-state index in [0.29, 0.717) is 39.9 Å². The van der Waals surface area contributed by atoms with Gasteiger partial charge >= 0.3 is 0 Å². The van der Waals surface area contributed by atoms with E-state index < -0.39 is 0 Å². The van der Waals surface area contributed by atoms with Crippen LogP contribution >= 0.6 is 0 Å². The molecule has 0 spiro atoms. The highest BCUT2D eigenvalue weighted by atomic mass is 16.2. The van der Waals surface area contributed by atoms with Crippen molar-refractivity contribution in [3.8, 4) is 11.3 Å². The molecule has 39 heavy (non-hydrogen) atoms. The van der Waals surface area contributed by atoms with E-state index in [0.717, 1.165) is 25.1 Å². The number of hydrogen-bond donors (Lipinski definition) is 2. The zero-order valence-corrected chi connectivity index (χ0v) is 22.3. The molecule has 4 aromatic heterocycles. The van der Waals surface area contributed by atoms with Gasteiger partial charge in [0, 0.05) is 31.4 Å². The quantitative estimate of drug-likeness (QED) is 0.392. The minimum absolute atomic E-state index is 0.00867. The Morgan fingerprint density at radius 1 is 0.949 bits per heavy atom. The average molecular weight is 528 g/mol. The van der Waals surface area contributed by atoms with Crippen molar-refractivity contribution in [2.24, 2.45) is 13.0 Å². The minimum atomic E-state index is -0.326. The molecule has 1 aliphatic carbocycles. The van der Waals surface area contributed by atoms with Gasteiger partial charge in [-0.15, -0.1) is 0 Å². The van der Waals surface area contributed by atoms with Crippen molar-refractivity contribution in [3.63, 3.8) is 0 Å². The van der Waals surface area contributed by atoms with Crippen LogP contribution in [0.2, 0.25) is 0 Å². The van der Waals surface area contributed by atoms with Gasteiger partial charge in [-0.05, 0) is 38.8 Å². The molecule has 0 aromatic carbocycles. The molecule has 11 nitrogen and oxygen atoms in total. The van der Waals surface area contributed by atoms with Crippen LogP contribution in [0.15, 0.2) is 43.2 Å². The lowest BCUT2D eigenvalue weighted by Gasteiger charge is -2.30. The summed E-state index contributed by atoms with van der Waals surface area (Å²) in [5.41, 5.74) is 4.30. The Labute approximate surface area is 226 Å². The molecule has 0 unspecified atom stereocenters. The topological polar surface area (TPSA) is 122 Å². The molecule has 5 heterocycles. The number of pyridine rings is 1. The monoisotopic (exact) mass is 527 g/mol. The molecule has 1 aliphatic heterocycles. The van der Waals surface area contributed by atoms with Crippen LogP contribution in [-0.4, -0.2) is 65.2 Å². The summed E-state index contributed by atoms with van der Waals surface area (Å²) >= 11 is 0. The largest absolute Gasteiger partial charge is 0.324 e. The van der Waals surface area contributed by atoms with Crippen LogP contribution < -0.4 is 10.6 Å². The first-order valence-corrected chi connectivity index (χ1v) is 13.6. The Morgan fingerprint density at radius 3 is 2.59 bits per heavy atom. The Hall–Kier alpha value is -4.12. The first kappa shape index (κ1) is 25.2. The van der Waals surface area contributed by atoms with Gasteiger partial charge < -0.3 is 10.6 Å². The maximum atomic E-state index is 13.2. The van der Waals surface area contributed by atoms with Gasteiger partial charge in [-0.3, -0.25) is 29.1 Å². The highest BCUT2D eigenvalue weighted by Crippen LogP contribution is 2.29. The van der Waals surface area contributed by atoms with Crippen molar-refractivity contribution in [3.05, 3.63) is 54.5 Å². The Bertz CT molecular complexity index is 1520. The summed E-state index contributed by atoms with van der Waals surface area (Å²) in [6.07, 6.45) is 17.4. The van der Waals surface area contributed by atoms with Gasteiger partial charge in [0.2, 0.25) is 5.91 Å². The lowest BCUT2D eigenvalue weighted by Crippen LogP contribution is -2.36. The maximum Gasteiger partial charge on any atom is 0.259 e. The van der Waals surface area contributed by atoms with E-state index in [2.05, 4.69) is 35.7 Å². The van der Waals surface area contributed by atoms with E-state index in [1.165, 1.54) is 38.3 Å². The fourth-order valence-electron chi connectivity index (χ4n) is 5.70. The Morgan fingerprint density at radius 2 is 1.79 bits per heavy atom. The van der Waals surface area contributed by atoms with Crippen molar-refractivity contribution in [1.82, 2.24) is 34.3 Å². The average Bonchev–Trinajstić information content (AvgIpc) is 3.70. The van der Waals surface area contributed by atoms with Gasteiger partial charge in [0.15, 0.2) is 0 Å².